The maximum Gasteiger partial charge on any atom is 0.254 e. The van der Waals surface area contributed by atoms with Gasteiger partial charge in [0.1, 0.15) is 0 Å². The molecule has 2 aromatic rings. The Bertz CT molecular complexity index is 773. The zero-order valence-corrected chi connectivity index (χ0v) is 17.6. The number of benzene rings is 1. The molecular formula is C22H33N5O. The van der Waals surface area contributed by atoms with Crippen molar-refractivity contribution in [1.29, 1.82) is 0 Å². The van der Waals surface area contributed by atoms with E-state index < -0.39 is 0 Å². The molecule has 1 aromatic heterocycles. The Morgan fingerprint density at radius 1 is 1.14 bits per heavy atom. The molecule has 6 heteroatoms. The third-order valence-electron chi connectivity index (χ3n) is 5.41. The van der Waals surface area contributed by atoms with Crippen LogP contribution in [0.25, 0.3) is 5.69 Å². The lowest BCUT2D eigenvalue weighted by Gasteiger charge is -2.32. The van der Waals surface area contributed by atoms with Gasteiger partial charge in [-0.2, -0.15) is 5.10 Å². The molecule has 2 heterocycles. The lowest BCUT2D eigenvalue weighted by Crippen LogP contribution is -2.45. The van der Waals surface area contributed by atoms with E-state index in [-0.39, 0.29) is 11.8 Å². The molecular weight excluding hydrogens is 350 g/mol. The number of amides is 1. The molecule has 1 aliphatic heterocycles. The van der Waals surface area contributed by atoms with Crippen molar-refractivity contribution >= 4 is 5.91 Å². The zero-order valence-electron chi connectivity index (χ0n) is 17.6. The maximum absolute atomic E-state index is 12.8. The third kappa shape index (κ3) is 5.00. The number of hydrogen-bond acceptors (Lipinski definition) is 4. The summed E-state index contributed by atoms with van der Waals surface area (Å²) < 4.78 is 1.89. The summed E-state index contributed by atoms with van der Waals surface area (Å²) >= 11 is 0. The average molecular weight is 384 g/mol. The molecule has 0 radical (unpaired) electrons. The van der Waals surface area contributed by atoms with Crippen LogP contribution in [0, 0.1) is 6.92 Å². The Morgan fingerprint density at radius 3 is 2.46 bits per heavy atom. The van der Waals surface area contributed by atoms with Crippen LogP contribution in [0.5, 0.6) is 0 Å². The molecule has 0 aliphatic carbocycles. The van der Waals surface area contributed by atoms with Crippen LogP contribution in [0.3, 0.4) is 0 Å². The molecule has 3 rings (SSSR count). The van der Waals surface area contributed by atoms with Crippen molar-refractivity contribution in [2.75, 3.05) is 46.3 Å². The number of piperazine rings is 1. The molecule has 1 aromatic carbocycles. The Morgan fingerprint density at radius 2 is 1.82 bits per heavy atom. The fraction of sp³-hybridized carbons (Fsp3) is 0.545. The van der Waals surface area contributed by atoms with Gasteiger partial charge in [-0.05, 0) is 45.0 Å². The minimum Gasteiger partial charge on any atom is -0.352 e. The van der Waals surface area contributed by atoms with Gasteiger partial charge < -0.3 is 15.1 Å². The number of rotatable bonds is 7. The highest BCUT2D eigenvalue weighted by atomic mass is 16.1. The second-order valence-electron chi connectivity index (χ2n) is 8.10. The van der Waals surface area contributed by atoms with Gasteiger partial charge in [-0.1, -0.05) is 31.5 Å². The van der Waals surface area contributed by atoms with E-state index in [2.05, 4.69) is 60.2 Å². The molecule has 0 saturated carbocycles. The molecule has 0 unspecified atom stereocenters. The molecule has 1 aliphatic rings. The minimum absolute atomic E-state index is 0.0274. The zero-order chi connectivity index (χ0) is 20.1. The molecule has 6 nitrogen and oxygen atoms in total. The standard InChI is InChI=1S/C22H33N5O/c1-17(2)21-20(16-24-27(21)19-8-6-18(3)7-9-19)22(28)23-10-5-11-26-14-12-25(4)13-15-26/h6-9,16-17H,5,10-15H2,1-4H3,(H,23,28). The first kappa shape index (κ1) is 20.6. The lowest BCUT2D eigenvalue weighted by molar-refractivity contribution is 0.0948. The van der Waals surface area contributed by atoms with E-state index in [9.17, 15) is 4.79 Å². The average Bonchev–Trinajstić information content (AvgIpc) is 3.12. The number of hydrogen-bond donors (Lipinski definition) is 1. The Kier molecular flexibility index (Phi) is 6.86. The van der Waals surface area contributed by atoms with Crippen molar-refractivity contribution in [3.8, 4) is 5.69 Å². The summed E-state index contributed by atoms with van der Waals surface area (Å²) in [5.74, 6) is 0.176. The van der Waals surface area contributed by atoms with Gasteiger partial charge in [0.05, 0.1) is 23.1 Å². The van der Waals surface area contributed by atoms with Gasteiger partial charge in [-0.15, -0.1) is 0 Å². The van der Waals surface area contributed by atoms with Gasteiger partial charge in [0.25, 0.3) is 5.91 Å². The van der Waals surface area contributed by atoms with Gasteiger partial charge in [0.2, 0.25) is 0 Å². The number of aromatic nitrogens is 2. The van der Waals surface area contributed by atoms with Crippen molar-refractivity contribution in [3.05, 3.63) is 47.3 Å². The summed E-state index contributed by atoms with van der Waals surface area (Å²) in [6.45, 7) is 12.5. The van der Waals surface area contributed by atoms with E-state index in [0.717, 1.165) is 50.5 Å². The van der Waals surface area contributed by atoms with E-state index in [1.165, 1.54) is 5.56 Å². The van der Waals surface area contributed by atoms with Crippen LogP contribution < -0.4 is 5.32 Å². The number of nitrogens with zero attached hydrogens (tertiary/aromatic N) is 4. The van der Waals surface area contributed by atoms with Gasteiger partial charge in [0, 0.05) is 32.7 Å². The van der Waals surface area contributed by atoms with Crippen LogP contribution in [0.15, 0.2) is 30.5 Å². The Labute approximate surface area is 168 Å². The Hall–Kier alpha value is -2.18. The van der Waals surface area contributed by atoms with E-state index >= 15 is 0 Å². The topological polar surface area (TPSA) is 53.4 Å². The molecule has 152 valence electrons. The fourth-order valence-corrected chi connectivity index (χ4v) is 3.65. The summed E-state index contributed by atoms with van der Waals surface area (Å²) in [4.78, 5) is 17.6. The smallest absolute Gasteiger partial charge is 0.254 e. The first-order valence-electron chi connectivity index (χ1n) is 10.3. The van der Waals surface area contributed by atoms with E-state index in [4.69, 9.17) is 0 Å². The monoisotopic (exact) mass is 383 g/mol. The number of carbonyl (C=O) groups excluding carboxylic acids is 1. The summed E-state index contributed by atoms with van der Waals surface area (Å²) in [6.07, 6.45) is 2.67. The van der Waals surface area contributed by atoms with Crippen LogP contribution in [0.2, 0.25) is 0 Å². The van der Waals surface area contributed by atoms with Crippen LogP contribution in [0.1, 0.15) is 47.8 Å². The number of aryl methyl sites for hydroxylation is 1. The molecule has 1 N–H and O–H groups in total. The lowest BCUT2D eigenvalue weighted by atomic mass is 10.0. The molecule has 1 saturated heterocycles. The quantitative estimate of drug-likeness (QED) is 0.747. The second-order valence-corrected chi connectivity index (χ2v) is 8.10. The molecule has 28 heavy (non-hydrogen) atoms. The highest BCUT2D eigenvalue weighted by Crippen LogP contribution is 2.23. The highest BCUT2D eigenvalue weighted by Gasteiger charge is 2.21. The predicted octanol–water partition coefficient (Wildman–Crippen LogP) is 2.67. The summed E-state index contributed by atoms with van der Waals surface area (Å²) in [7, 11) is 2.17. The van der Waals surface area contributed by atoms with E-state index in [0.29, 0.717) is 12.1 Å². The number of carbonyl (C=O) groups is 1. The van der Waals surface area contributed by atoms with Crippen LogP contribution in [-0.4, -0.2) is 71.8 Å². The second kappa shape index (κ2) is 9.34. The molecule has 0 bridgehead atoms. The summed E-state index contributed by atoms with van der Waals surface area (Å²) in [5, 5.41) is 7.60. The van der Waals surface area contributed by atoms with Gasteiger partial charge in [-0.25, -0.2) is 4.68 Å². The van der Waals surface area contributed by atoms with Crippen LogP contribution in [0.4, 0.5) is 0 Å². The first-order valence-corrected chi connectivity index (χ1v) is 10.3. The fourth-order valence-electron chi connectivity index (χ4n) is 3.65. The predicted molar refractivity (Wildman–Crippen MR) is 113 cm³/mol. The summed E-state index contributed by atoms with van der Waals surface area (Å²) in [6, 6.07) is 8.23. The SMILES string of the molecule is Cc1ccc(-n2ncc(C(=O)NCCCN3CCN(C)CC3)c2C(C)C)cc1. The Balaban J connectivity index is 1.59. The summed E-state index contributed by atoms with van der Waals surface area (Å²) in [5.41, 5.74) is 3.83. The molecule has 1 fully saturated rings. The highest BCUT2D eigenvalue weighted by molar-refractivity contribution is 5.95. The first-order chi connectivity index (χ1) is 13.5. The maximum atomic E-state index is 12.8. The van der Waals surface area contributed by atoms with Crippen molar-refractivity contribution in [2.45, 2.75) is 33.1 Å². The largest absolute Gasteiger partial charge is 0.352 e. The van der Waals surface area contributed by atoms with Gasteiger partial charge in [0.15, 0.2) is 0 Å². The van der Waals surface area contributed by atoms with Crippen molar-refractivity contribution in [2.24, 2.45) is 0 Å². The molecule has 0 atom stereocenters. The van der Waals surface area contributed by atoms with Crippen molar-refractivity contribution < 1.29 is 4.79 Å². The third-order valence-corrected chi connectivity index (χ3v) is 5.41. The van der Waals surface area contributed by atoms with Crippen LogP contribution in [-0.2, 0) is 0 Å². The van der Waals surface area contributed by atoms with Crippen molar-refractivity contribution in [1.82, 2.24) is 24.9 Å². The van der Waals surface area contributed by atoms with Crippen LogP contribution >= 0.6 is 0 Å². The minimum atomic E-state index is -0.0274. The number of likely N-dealkylation sites (N-methyl/N-ethyl adjacent to an activating group) is 1. The molecule has 1 amide bonds. The number of nitrogens with one attached hydrogen (secondary N) is 1. The van der Waals surface area contributed by atoms with Gasteiger partial charge in [-0.3, -0.25) is 4.79 Å². The molecule has 0 spiro atoms. The van der Waals surface area contributed by atoms with Gasteiger partial charge >= 0.3 is 0 Å². The van der Waals surface area contributed by atoms with E-state index in [1.54, 1.807) is 6.20 Å². The van der Waals surface area contributed by atoms with Crippen molar-refractivity contribution in [3.63, 3.8) is 0 Å². The normalized spacial score (nSPS) is 15.9. The van der Waals surface area contributed by atoms with E-state index in [1.807, 2.05) is 16.8 Å².